The van der Waals surface area contributed by atoms with Crippen molar-refractivity contribution in [2.45, 2.75) is 12.1 Å². The summed E-state index contributed by atoms with van der Waals surface area (Å²) in [5.74, 6) is -0.470. The summed E-state index contributed by atoms with van der Waals surface area (Å²) >= 11 is 0. The maximum atomic E-state index is 13.3. The molecule has 0 aromatic heterocycles. The van der Waals surface area contributed by atoms with E-state index in [0.717, 1.165) is 31.7 Å². The van der Waals surface area contributed by atoms with Crippen LogP contribution >= 0.6 is 0 Å². The third kappa shape index (κ3) is 2.47. The Bertz CT molecular complexity index is 514. The van der Waals surface area contributed by atoms with E-state index in [0.29, 0.717) is 12.6 Å². The van der Waals surface area contributed by atoms with Crippen LogP contribution in [0.2, 0.25) is 0 Å². The molecule has 0 aliphatic carbocycles. The lowest BCUT2D eigenvalue weighted by molar-refractivity contribution is -0.0718. The maximum absolute atomic E-state index is 13.3. The number of benzene rings is 1. The summed E-state index contributed by atoms with van der Waals surface area (Å²) in [6.45, 7) is 4.45. The lowest BCUT2D eigenvalue weighted by Crippen LogP contribution is -2.57. The second-order valence-corrected chi connectivity index (χ2v) is 5.03. The van der Waals surface area contributed by atoms with Gasteiger partial charge < -0.3 is 10.1 Å². The molecule has 2 aliphatic rings. The second-order valence-electron chi connectivity index (χ2n) is 5.03. The summed E-state index contributed by atoms with van der Waals surface area (Å²) in [4.78, 5) is 2.40. The van der Waals surface area contributed by atoms with E-state index in [2.05, 4.69) is 10.2 Å². The molecule has 1 aromatic carbocycles. The Morgan fingerprint density at radius 2 is 2.37 bits per heavy atom. The van der Waals surface area contributed by atoms with Crippen LogP contribution in [0.25, 0.3) is 0 Å². The topological polar surface area (TPSA) is 48.3 Å². The van der Waals surface area contributed by atoms with Crippen molar-refractivity contribution in [1.29, 1.82) is 5.26 Å². The van der Waals surface area contributed by atoms with Crippen LogP contribution in [0.15, 0.2) is 18.2 Å². The van der Waals surface area contributed by atoms with Gasteiger partial charge in [-0.3, -0.25) is 4.90 Å². The van der Waals surface area contributed by atoms with Gasteiger partial charge in [-0.05, 0) is 17.7 Å². The third-order valence-corrected chi connectivity index (χ3v) is 3.84. The molecule has 2 fully saturated rings. The molecule has 1 N–H and O–H groups in total. The van der Waals surface area contributed by atoms with Gasteiger partial charge in [-0.2, -0.15) is 5.26 Å². The zero-order valence-corrected chi connectivity index (χ0v) is 10.6. The van der Waals surface area contributed by atoms with E-state index in [-0.39, 0.29) is 11.7 Å². The number of hydrogen-bond acceptors (Lipinski definition) is 4. The molecule has 100 valence electrons. The summed E-state index contributed by atoms with van der Waals surface area (Å²) in [5, 5.41) is 12.2. The van der Waals surface area contributed by atoms with Crippen molar-refractivity contribution in [2.24, 2.45) is 0 Å². The monoisotopic (exact) mass is 261 g/mol. The van der Waals surface area contributed by atoms with Crippen LogP contribution < -0.4 is 5.32 Å². The molecule has 5 heteroatoms. The van der Waals surface area contributed by atoms with Crippen molar-refractivity contribution >= 4 is 0 Å². The van der Waals surface area contributed by atoms with Crippen LogP contribution in [0.3, 0.4) is 0 Å². The minimum atomic E-state index is -0.470. The average molecular weight is 261 g/mol. The van der Waals surface area contributed by atoms with E-state index in [1.54, 1.807) is 12.1 Å². The Morgan fingerprint density at radius 3 is 3.21 bits per heavy atom. The van der Waals surface area contributed by atoms with Crippen molar-refractivity contribution < 1.29 is 9.13 Å². The number of nitrogens with one attached hydrogen (secondary N) is 1. The van der Waals surface area contributed by atoms with E-state index in [4.69, 9.17) is 10.00 Å². The van der Waals surface area contributed by atoms with Gasteiger partial charge in [0, 0.05) is 32.2 Å². The van der Waals surface area contributed by atoms with Gasteiger partial charge in [-0.15, -0.1) is 0 Å². The number of morpholine rings is 1. The summed E-state index contributed by atoms with van der Waals surface area (Å²) in [7, 11) is 0. The van der Waals surface area contributed by atoms with Gasteiger partial charge in [-0.25, -0.2) is 4.39 Å². The summed E-state index contributed by atoms with van der Waals surface area (Å²) in [6.07, 6.45) is -0.0675. The molecule has 4 nitrogen and oxygen atoms in total. The van der Waals surface area contributed by atoms with Gasteiger partial charge in [0.2, 0.25) is 0 Å². The SMILES string of the molecule is N#Cc1cc([C@@H]2CN3CCNC[C@H]3CO2)ccc1F. The van der Waals surface area contributed by atoms with E-state index < -0.39 is 5.82 Å². The largest absolute Gasteiger partial charge is 0.371 e. The number of ether oxygens (including phenoxy) is 1. The summed E-state index contributed by atoms with van der Waals surface area (Å²) in [6, 6.07) is 6.97. The predicted octanol–water partition coefficient (Wildman–Crippen LogP) is 1.04. The number of hydrogen-bond donors (Lipinski definition) is 1. The predicted molar refractivity (Wildman–Crippen MR) is 68.0 cm³/mol. The highest BCUT2D eigenvalue weighted by molar-refractivity contribution is 5.35. The van der Waals surface area contributed by atoms with Gasteiger partial charge in [0.25, 0.3) is 0 Å². The van der Waals surface area contributed by atoms with Crippen molar-refractivity contribution in [1.82, 2.24) is 10.2 Å². The molecular weight excluding hydrogens is 245 g/mol. The fourth-order valence-electron chi connectivity index (χ4n) is 2.73. The number of fused-ring (bicyclic) bond motifs is 1. The number of rotatable bonds is 1. The molecule has 3 rings (SSSR count). The first-order valence-electron chi connectivity index (χ1n) is 6.54. The lowest BCUT2D eigenvalue weighted by Gasteiger charge is -2.42. The first kappa shape index (κ1) is 12.5. The molecule has 2 atom stereocenters. The normalized spacial score (nSPS) is 27.6. The van der Waals surface area contributed by atoms with E-state index in [1.165, 1.54) is 6.07 Å². The van der Waals surface area contributed by atoms with Crippen molar-refractivity contribution in [3.8, 4) is 6.07 Å². The first-order chi connectivity index (χ1) is 9.28. The quantitative estimate of drug-likeness (QED) is 0.820. The Kier molecular flexibility index (Phi) is 3.47. The third-order valence-electron chi connectivity index (χ3n) is 3.84. The van der Waals surface area contributed by atoms with Crippen molar-refractivity contribution in [2.75, 3.05) is 32.8 Å². The molecule has 0 bridgehead atoms. The van der Waals surface area contributed by atoms with Crippen LogP contribution in [0.5, 0.6) is 0 Å². The molecule has 0 spiro atoms. The number of nitriles is 1. The van der Waals surface area contributed by atoms with Gasteiger partial charge in [0.1, 0.15) is 11.9 Å². The minimum Gasteiger partial charge on any atom is -0.371 e. The molecule has 2 saturated heterocycles. The average Bonchev–Trinajstić information content (AvgIpc) is 2.47. The Labute approximate surface area is 111 Å². The summed E-state index contributed by atoms with van der Waals surface area (Å²) < 4.78 is 19.2. The smallest absolute Gasteiger partial charge is 0.140 e. The molecule has 0 saturated carbocycles. The standard InChI is InChI=1S/C14H16FN3O/c15-13-2-1-10(5-11(13)6-16)14-8-18-4-3-17-7-12(18)9-19-14/h1-2,5,12,14,17H,3-4,7-9H2/t12-,14-/m0/s1. The molecular formula is C14H16FN3O. The highest BCUT2D eigenvalue weighted by atomic mass is 19.1. The zero-order chi connectivity index (χ0) is 13.2. The van der Waals surface area contributed by atoms with Crippen molar-refractivity contribution in [3.05, 3.63) is 35.1 Å². The summed E-state index contributed by atoms with van der Waals surface area (Å²) in [5.41, 5.74) is 0.971. The van der Waals surface area contributed by atoms with Crippen LogP contribution in [0, 0.1) is 17.1 Å². The van der Waals surface area contributed by atoms with Crippen molar-refractivity contribution in [3.63, 3.8) is 0 Å². The maximum Gasteiger partial charge on any atom is 0.140 e. The van der Waals surface area contributed by atoms with E-state index in [1.807, 2.05) is 6.07 Å². The zero-order valence-electron chi connectivity index (χ0n) is 10.6. The van der Waals surface area contributed by atoms with Crippen LogP contribution in [-0.4, -0.2) is 43.7 Å². The molecule has 19 heavy (non-hydrogen) atoms. The fraction of sp³-hybridized carbons (Fsp3) is 0.500. The van der Waals surface area contributed by atoms with Gasteiger partial charge in [0.05, 0.1) is 18.3 Å². The van der Waals surface area contributed by atoms with Crippen LogP contribution in [-0.2, 0) is 4.74 Å². The van der Waals surface area contributed by atoms with E-state index in [9.17, 15) is 4.39 Å². The van der Waals surface area contributed by atoms with Gasteiger partial charge >= 0.3 is 0 Å². The second kappa shape index (κ2) is 5.25. The molecule has 2 aliphatic heterocycles. The highest BCUT2D eigenvalue weighted by Gasteiger charge is 2.31. The minimum absolute atomic E-state index is 0.0675. The van der Waals surface area contributed by atoms with Crippen LogP contribution in [0.4, 0.5) is 4.39 Å². The molecule has 1 aromatic rings. The number of nitrogens with zero attached hydrogens (tertiary/aromatic N) is 2. The van der Waals surface area contributed by atoms with E-state index >= 15 is 0 Å². The number of halogens is 1. The number of piperazine rings is 1. The van der Waals surface area contributed by atoms with Gasteiger partial charge in [0.15, 0.2) is 0 Å². The highest BCUT2D eigenvalue weighted by Crippen LogP contribution is 2.26. The molecule has 0 amide bonds. The Balaban J connectivity index is 1.78. The molecule has 2 heterocycles. The lowest BCUT2D eigenvalue weighted by atomic mass is 10.0. The Morgan fingerprint density at radius 1 is 1.47 bits per heavy atom. The molecule has 0 unspecified atom stereocenters. The first-order valence-corrected chi connectivity index (χ1v) is 6.54. The molecule has 0 radical (unpaired) electrons. The van der Waals surface area contributed by atoms with Crippen LogP contribution in [0.1, 0.15) is 17.2 Å². The fourth-order valence-corrected chi connectivity index (χ4v) is 2.73. The van der Waals surface area contributed by atoms with Gasteiger partial charge in [-0.1, -0.05) is 6.07 Å². The Hall–Kier alpha value is -1.48.